The van der Waals surface area contributed by atoms with Gasteiger partial charge in [-0.2, -0.15) is 0 Å². The van der Waals surface area contributed by atoms with Gasteiger partial charge in [0.05, 0.1) is 10.9 Å². The van der Waals surface area contributed by atoms with Crippen LogP contribution in [0.2, 0.25) is 4.34 Å². The first-order valence-electron chi connectivity index (χ1n) is 8.34. The van der Waals surface area contributed by atoms with Crippen molar-refractivity contribution < 1.29 is 25.2 Å². The van der Waals surface area contributed by atoms with Gasteiger partial charge in [-0.1, -0.05) is 23.3 Å². The van der Waals surface area contributed by atoms with E-state index in [1.165, 1.54) is 5.57 Å². The Morgan fingerprint density at radius 2 is 1.92 bits per heavy atom. The monoisotopic (exact) mass is 386 g/mol. The molecule has 1 aliphatic heterocycles. The summed E-state index contributed by atoms with van der Waals surface area (Å²) in [6.07, 6.45) is -1.18. The Kier molecular flexibility index (Phi) is 6.00. The number of hydrogen-bond donors (Lipinski definition) is 4. The van der Waals surface area contributed by atoms with E-state index in [9.17, 15) is 20.4 Å². The second kappa shape index (κ2) is 7.88. The number of allylic oxidation sites excluding steroid dienone is 3. The molecule has 0 spiro atoms. The molecule has 0 saturated carbocycles. The van der Waals surface area contributed by atoms with Crippen LogP contribution >= 0.6 is 22.9 Å². The van der Waals surface area contributed by atoms with Crippen LogP contribution in [0.4, 0.5) is 0 Å². The number of ether oxygens (including phenoxy) is 1. The summed E-state index contributed by atoms with van der Waals surface area (Å²) in [5.41, 5.74) is 3.30. The normalized spacial score (nSPS) is 33.5. The summed E-state index contributed by atoms with van der Waals surface area (Å²) in [4.78, 5) is 1.16. The minimum atomic E-state index is -1.34. The predicted octanol–water partition coefficient (Wildman–Crippen LogP) is 1.82. The number of thiophene rings is 1. The van der Waals surface area contributed by atoms with Crippen molar-refractivity contribution in [2.24, 2.45) is 0 Å². The first-order chi connectivity index (χ1) is 11.9. The van der Waals surface area contributed by atoms with Crippen LogP contribution in [0.3, 0.4) is 0 Å². The van der Waals surface area contributed by atoms with Crippen molar-refractivity contribution in [2.45, 2.75) is 56.7 Å². The van der Waals surface area contributed by atoms with Crippen LogP contribution in [0.5, 0.6) is 0 Å². The molecule has 1 aromatic rings. The van der Waals surface area contributed by atoms with Gasteiger partial charge in [-0.15, -0.1) is 11.3 Å². The van der Waals surface area contributed by atoms with Gasteiger partial charge in [0.2, 0.25) is 0 Å². The molecule has 7 heteroatoms. The molecule has 3 unspecified atom stereocenters. The lowest BCUT2D eigenvalue weighted by Crippen LogP contribution is -2.59. The van der Waals surface area contributed by atoms with Crippen LogP contribution in [0.1, 0.15) is 24.6 Å². The molecule has 0 bridgehead atoms. The summed E-state index contributed by atoms with van der Waals surface area (Å²) in [7, 11) is 0. The van der Waals surface area contributed by atoms with Crippen molar-refractivity contribution in [1.29, 1.82) is 0 Å². The fraction of sp³-hybridized carbons (Fsp3) is 0.556. The Morgan fingerprint density at radius 1 is 1.16 bits per heavy atom. The van der Waals surface area contributed by atoms with Crippen molar-refractivity contribution >= 4 is 22.9 Å². The van der Waals surface area contributed by atoms with Crippen LogP contribution in [-0.4, -0.2) is 57.6 Å². The Morgan fingerprint density at radius 3 is 2.56 bits per heavy atom. The highest BCUT2D eigenvalue weighted by Gasteiger charge is 2.44. The molecule has 5 nitrogen and oxygen atoms in total. The fourth-order valence-electron chi connectivity index (χ4n) is 3.38. The smallest absolute Gasteiger partial charge is 0.112 e. The van der Waals surface area contributed by atoms with Gasteiger partial charge in [-0.3, -0.25) is 0 Å². The topological polar surface area (TPSA) is 90.2 Å². The Bertz CT molecular complexity index is 681. The molecule has 1 aliphatic carbocycles. The van der Waals surface area contributed by atoms with Gasteiger partial charge in [-0.05, 0) is 43.0 Å². The molecule has 1 aromatic heterocycles. The second-order valence-corrected chi connectivity index (χ2v) is 8.46. The van der Waals surface area contributed by atoms with Gasteiger partial charge in [0, 0.05) is 11.3 Å². The molecule has 1 fully saturated rings. The van der Waals surface area contributed by atoms with Gasteiger partial charge in [0.15, 0.2) is 0 Å². The Balaban J connectivity index is 1.82. The highest BCUT2D eigenvalue weighted by atomic mass is 35.5. The molecule has 5 atom stereocenters. The van der Waals surface area contributed by atoms with Gasteiger partial charge < -0.3 is 25.2 Å². The van der Waals surface area contributed by atoms with Gasteiger partial charge in [0.1, 0.15) is 30.5 Å². The van der Waals surface area contributed by atoms with E-state index >= 15 is 0 Å². The first kappa shape index (κ1) is 19.0. The minimum Gasteiger partial charge on any atom is -0.394 e. The van der Waals surface area contributed by atoms with Crippen LogP contribution in [0, 0.1) is 0 Å². The van der Waals surface area contributed by atoms with E-state index in [4.69, 9.17) is 16.3 Å². The van der Waals surface area contributed by atoms with Gasteiger partial charge in [0.25, 0.3) is 0 Å². The number of halogens is 1. The molecule has 0 radical (unpaired) electrons. The van der Waals surface area contributed by atoms with E-state index in [1.807, 2.05) is 18.2 Å². The molecular formula is C18H23ClO5S. The zero-order chi connectivity index (χ0) is 18.1. The predicted molar refractivity (Wildman–Crippen MR) is 96.8 cm³/mol. The fourth-order valence-corrected chi connectivity index (χ4v) is 4.49. The van der Waals surface area contributed by atoms with Crippen molar-refractivity contribution in [3.05, 3.63) is 44.1 Å². The molecule has 2 aliphatic rings. The molecule has 0 amide bonds. The second-order valence-electron chi connectivity index (χ2n) is 6.66. The van der Waals surface area contributed by atoms with Crippen LogP contribution in [0.25, 0.3) is 0 Å². The van der Waals surface area contributed by atoms with Crippen LogP contribution in [-0.2, 0) is 11.2 Å². The summed E-state index contributed by atoms with van der Waals surface area (Å²) < 4.78 is 6.44. The third-order valence-electron chi connectivity index (χ3n) is 4.95. The van der Waals surface area contributed by atoms with Crippen LogP contribution in [0.15, 0.2) is 34.9 Å². The molecule has 0 aromatic carbocycles. The molecular weight excluding hydrogens is 364 g/mol. The maximum atomic E-state index is 10.3. The molecule has 25 heavy (non-hydrogen) atoms. The van der Waals surface area contributed by atoms with E-state index in [-0.39, 0.29) is 0 Å². The Labute approximate surface area is 155 Å². The van der Waals surface area contributed by atoms with Crippen molar-refractivity contribution in [3.8, 4) is 0 Å². The minimum absolute atomic E-state index is 0.413. The molecule has 138 valence electrons. The van der Waals surface area contributed by atoms with E-state index < -0.39 is 37.1 Å². The Hall–Kier alpha value is -0.730. The highest BCUT2D eigenvalue weighted by Crippen LogP contribution is 2.35. The van der Waals surface area contributed by atoms with Crippen molar-refractivity contribution in [2.75, 3.05) is 6.61 Å². The van der Waals surface area contributed by atoms with Crippen molar-refractivity contribution in [3.63, 3.8) is 0 Å². The van der Waals surface area contributed by atoms with Crippen LogP contribution < -0.4 is 0 Å². The molecule has 1 saturated heterocycles. The SMILES string of the molecule is CC1=C(Cc2ccc(Cl)s2)C=C(C2OC(CO)[C@@H](O)C(O)[C@H]2O)CC1. The number of aliphatic hydroxyl groups is 4. The highest BCUT2D eigenvalue weighted by molar-refractivity contribution is 7.16. The summed E-state index contributed by atoms with van der Waals surface area (Å²) in [6, 6.07) is 3.88. The quantitative estimate of drug-likeness (QED) is 0.633. The van der Waals surface area contributed by atoms with E-state index in [2.05, 4.69) is 6.92 Å². The van der Waals surface area contributed by atoms with Gasteiger partial charge >= 0.3 is 0 Å². The zero-order valence-corrected chi connectivity index (χ0v) is 15.5. The molecule has 4 N–H and O–H groups in total. The lowest BCUT2D eigenvalue weighted by Gasteiger charge is -2.41. The molecule has 2 heterocycles. The number of aliphatic hydroxyl groups excluding tert-OH is 4. The lowest BCUT2D eigenvalue weighted by atomic mass is 9.84. The third-order valence-corrected chi connectivity index (χ3v) is 6.18. The zero-order valence-electron chi connectivity index (χ0n) is 13.9. The first-order valence-corrected chi connectivity index (χ1v) is 9.54. The van der Waals surface area contributed by atoms with Gasteiger partial charge in [-0.25, -0.2) is 0 Å². The average molecular weight is 387 g/mol. The summed E-state index contributed by atoms with van der Waals surface area (Å²) >= 11 is 7.55. The van der Waals surface area contributed by atoms with E-state index in [1.54, 1.807) is 11.3 Å². The summed E-state index contributed by atoms with van der Waals surface area (Å²) in [6.45, 7) is 1.68. The summed E-state index contributed by atoms with van der Waals surface area (Å²) in [5.74, 6) is 0. The van der Waals surface area contributed by atoms with E-state index in [0.29, 0.717) is 6.42 Å². The largest absolute Gasteiger partial charge is 0.394 e. The maximum absolute atomic E-state index is 10.3. The lowest BCUT2D eigenvalue weighted by molar-refractivity contribution is -0.220. The van der Waals surface area contributed by atoms with Crippen molar-refractivity contribution in [1.82, 2.24) is 0 Å². The third kappa shape index (κ3) is 4.01. The average Bonchev–Trinajstić information content (AvgIpc) is 3.00. The maximum Gasteiger partial charge on any atom is 0.112 e. The molecule has 3 rings (SSSR count). The number of rotatable bonds is 4. The number of hydrogen-bond acceptors (Lipinski definition) is 6. The van der Waals surface area contributed by atoms with E-state index in [0.717, 1.165) is 33.2 Å². The standard InChI is InChI=1S/C18H23ClO5S/c1-9-2-3-10(6-11(9)7-12-4-5-14(19)25-12)18-17(23)16(22)15(21)13(8-20)24-18/h4-6,13,15-18,20-23H,2-3,7-8H2,1H3/t13?,15-,16?,17-,18?/m1/s1. The summed E-state index contributed by atoms with van der Waals surface area (Å²) in [5, 5.41) is 39.6.